The topological polar surface area (TPSA) is 114 Å². The van der Waals surface area contributed by atoms with Crippen molar-refractivity contribution in [3.8, 4) is 0 Å². The maximum absolute atomic E-state index is 12.1. The first-order valence-corrected chi connectivity index (χ1v) is 7.79. The number of carbonyl (C=O) groups excluding carboxylic acids is 1. The van der Waals surface area contributed by atoms with Crippen molar-refractivity contribution in [2.45, 2.75) is 11.3 Å². The van der Waals surface area contributed by atoms with Crippen molar-refractivity contribution < 1.29 is 13.2 Å². The summed E-state index contributed by atoms with van der Waals surface area (Å²) < 4.78 is 26.1. The van der Waals surface area contributed by atoms with E-state index in [2.05, 4.69) is 25.2 Å². The molecule has 0 unspecified atom stereocenters. The molecule has 8 nitrogen and oxygen atoms in total. The maximum Gasteiger partial charge on any atom is 0.291 e. The van der Waals surface area contributed by atoms with E-state index >= 15 is 0 Å². The zero-order chi connectivity index (χ0) is 14.8. The van der Waals surface area contributed by atoms with Gasteiger partial charge in [-0.05, 0) is 6.07 Å². The summed E-state index contributed by atoms with van der Waals surface area (Å²) in [5.74, 6) is -0.367. The molecular weight excluding hydrogens is 326 g/mol. The standard InChI is InChI=1S/C9H8ClN5O3S2/c1-5(16)12-8-13-14-9(19-8)20(17,18)15-7-4-11-3-2-6(7)10/h2-4,15H,1H3,(H,12,13,16). The zero-order valence-corrected chi connectivity index (χ0v) is 12.4. The largest absolute Gasteiger partial charge is 0.301 e. The molecule has 0 saturated carbocycles. The molecule has 1 amide bonds. The van der Waals surface area contributed by atoms with Crippen LogP contribution in [0.4, 0.5) is 10.8 Å². The summed E-state index contributed by atoms with van der Waals surface area (Å²) in [6.45, 7) is 1.28. The van der Waals surface area contributed by atoms with Crippen molar-refractivity contribution in [1.82, 2.24) is 15.2 Å². The predicted molar refractivity (Wildman–Crippen MR) is 74.3 cm³/mol. The van der Waals surface area contributed by atoms with Gasteiger partial charge in [0.25, 0.3) is 14.4 Å². The Kier molecular flexibility index (Phi) is 4.16. The molecule has 0 atom stereocenters. The first-order chi connectivity index (χ1) is 9.38. The lowest BCUT2D eigenvalue weighted by molar-refractivity contribution is -0.114. The monoisotopic (exact) mass is 333 g/mol. The number of hydrogen-bond donors (Lipinski definition) is 2. The van der Waals surface area contributed by atoms with Crippen molar-refractivity contribution in [3.63, 3.8) is 0 Å². The minimum atomic E-state index is -3.93. The average Bonchev–Trinajstić information content (AvgIpc) is 2.80. The SMILES string of the molecule is CC(=O)Nc1nnc(S(=O)(=O)Nc2cnccc2Cl)s1. The van der Waals surface area contributed by atoms with Crippen molar-refractivity contribution in [2.24, 2.45) is 0 Å². The zero-order valence-electron chi connectivity index (χ0n) is 9.99. The van der Waals surface area contributed by atoms with Crippen LogP contribution in [0, 0.1) is 0 Å². The Morgan fingerprint density at radius 1 is 1.40 bits per heavy atom. The van der Waals surface area contributed by atoms with Crippen molar-refractivity contribution >= 4 is 49.7 Å². The molecule has 20 heavy (non-hydrogen) atoms. The number of anilines is 2. The molecule has 0 bridgehead atoms. The highest BCUT2D eigenvalue weighted by Gasteiger charge is 2.21. The highest BCUT2D eigenvalue weighted by atomic mass is 35.5. The molecule has 0 aromatic carbocycles. The van der Waals surface area contributed by atoms with Crippen LogP contribution in [0.25, 0.3) is 0 Å². The summed E-state index contributed by atoms with van der Waals surface area (Å²) in [7, 11) is -3.93. The van der Waals surface area contributed by atoms with E-state index in [1.807, 2.05) is 0 Å². The van der Waals surface area contributed by atoms with Crippen LogP contribution in [0.3, 0.4) is 0 Å². The van der Waals surface area contributed by atoms with E-state index in [0.29, 0.717) is 0 Å². The lowest BCUT2D eigenvalue weighted by atomic mass is 10.4. The number of sulfonamides is 1. The molecule has 0 radical (unpaired) electrons. The van der Waals surface area contributed by atoms with Gasteiger partial charge in [-0.1, -0.05) is 22.9 Å². The highest BCUT2D eigenvalue weighted by Crippen LogP contribution is 2.25. The predicted octanol–water partition coefficient (Wildman–Crippen LogP) is 1.35. The number of carbonyl (C=O) groups is 1. The van der Waals surface area contributed by atoms with Crippen LogP contribution in [-0.4, -0.2) is 29.5 Å². The van der Waals surface area contributed by atoms with E-state index < -0.39 is 10.0 Å². The normalized spacial score (nSPS) is 11.1. The Bertz CT molecular complexity index is 746. The van der Waals surface area contributed by atoms with Crippen molar-refractivity contribution in [1.29, 1.82) is 0 Å². The second-order valence-electron chi connectivity index (χ2n) is 3.52. The summed E-state index contributed by atoms with van der Waals surface area (Å²) >= 11 is 6.56. The fraction of sp³-hybridized carbons (Fsp3) is 0.111. The Morgan fingerprint density at radius 3 is 2.80 bits per heavy atom. The summed E-state index contributed by atoms with van der Waals surface area (Å²) in [5, 5.41) is 9.71. The number of rotatable bonds is 4. The second-order valence-corrected chi connectivity index (χ2v) is 6.76. The first-order valence-electron chi connectivity index (χ1n) is 5.12. The molecule has 0 aliphatic carbocycles. The number of nitrogens with zero attached hydrogens (tertiary/aromatic N) is 3. The number of pyridine rings is 1. The minimum Gasteiger partial charge on any atom is -0.301 e. The fourth-order valence-electron chi connectivity index (χ4n) is 1.16. The van der Waals surface area contributed by atoms with Crippen LogP contribution >= 0.6 is 22.9 Å². The van der Waals surface area contributed by atoms with Gasteiger partial charge in [0.2, 0.25) is 11.0 Å². The molecule has 106 valence electrons. The first kappa shape index (κ1) is 14.6. The summed E-state index contributed by atoms with van der Waals surface area (Å²) in [4.78, 5) is 14.6. The van der Waals surface area contributed by atoms with Crippen LogP contribution in [0.5, 0.6) is 0 Å². The molecule has 2 aromatic rings. The van der Waals surface area contributed by atoms with Gasteiger partial charge >= 0.3 is 0 Å². The summed E-state index contributed by atoms with van der Waals surface area (Å²) in [6, 6.07) is 1.45. The average molecular weight is 334 g/mol. The lowest BCUT2D eigenvalue weighted by Crippen LogP contribution is -2.13. The minimum absolute atomic E-state index is 0.0927. The van der Waals surface area contributed by atoms with Gasteiger partial charge < -0.3 is 5.32 Å². The molecule has 2 aromatic heterocycles. The Hall–Kier alpha value is -1.78. The van der Waals surface area contributed by atoms with E-state index in [1.165, 1.54) is 25.4 Å². The van der Waals surface area contributed by atoms with Gasteiger partial charge in [-0.3, -0.25) is 14.5 Å². The van der Waals surface area contributed by atoms with Gasteiger partial charge in [0, 0.05) is 13.1 Å². The van der Waals surface area contributed by atoms with Crippen LogP contribution in [0.1, 0.15) is 6.92 Å². The smallest absolute Gasteiger partial charge is 0.291 e. The van der Waals surface area contributed by atoms with Gasteiger partial charge in [-0.25, -0.2) is 0 Å². The molecular formula is C9H8ClN5O3S2. The number of amides is 1. The quantitative estimate of drug-likeness (QED) is 0.816. The molecule has 2 N–H and O–H groups in total. The van der Waals surface area contributed by atoms with Gasteiger partial charge in [0.05, 0.1) is 16.9 Å². The van der Waals surface area contributed by atoms with Crippen LogP contribution in [0.15, 0.2) is 22.8 Å². The molecule has 0 saturated heterocycles. The number of aromatic nitrogens is 3. The lowest BCUT2D eigenvalue weighted by Gasteiger charge is -2.05. The molecule has 0 aliphatic heterocycles. The summed E-state index contributed by atoms with van der Waals surface area (Å²) in [6.07, 6.45) is 2.70. The van der Waals surface area contributed by atoms with Gasteiger partial charge in [0.15, 0.2) is 0 Å². The fourth-order valence-corrected chi connectivity index (χ4v) is 3.38. The van der Waals surface area contributed by atoms with Gasteiger partial charge in [-0.15, -0.1) is 10.2 Å². The van der Waals surface area contributed by atoms with E-state index in [1.54, 1.807) is 0 Å². The van der Waals surface area contributed by atoms with Gasteiger partial charge in [-0.2, -0.15) is 8.42 Å². The van der Waals surface area contributed by atoms with E-state index in [4.69, 9.17) is 11.6 Å². The third-order valence-corrected chi connectivity index (χ3v) is 4.83. The Labute approximate surface area is 123 Å². The highest BCUT2D eigenvalue weighted by molar-refractivity contribution is 7.94. The Balaban J connectivity index is 2.25. The van der Waals surface area contributed by atoms with Gasteiger partial charge in [0.1, 0.15) is 0 Å². The number of hydrogen-bond acceptors (Lipinski definition) is 7. The molecule has 11 heteroatoms. The van der Waals surface area contributed by atoms with E-state index in [0.717, 1.165) is 11.3 Å². The van der Waals surface area contributed by atoms with E-state index in [9.17, 15) is 13.2 Å². The number of halogens is 1. The molecule has 2 rings (SSSR count). The van der Waals surface area contributed by atoms with Crippen molar-refractivity contribution in [2.75, 3.05) is 10.0 Å². The number of nitrogens with one attached hydrogen (secondary N) is 2. The Morgan fingerprint density at radius 2 is 2.15 bits per heavy atom. The third kappa shape index (κ3) is 3.40. The van der Waals surface area contributed by atoms with Crippen LogP contribution in [-0.2, 0) is 14.8 Å². The second kappa shape index (κ2) is 5.69. The molecule has 0 fully saturated rings. The molecule has 0 aliphatic rings. The van der Waals surface area contributed by atoms with Crippen LogP contribution < -0.4 is 10.0 Å². The maximum atomic E-state index is 12.1. The van der Waals surface area contributed by atoms with Crippen molar-refractivity contribution in [3.05, 3.63) is 23.5 Å². The third-order valence-electron chi connectivity index (χ3n) is 1.93. The van der Waals surface area contributed by atoms with Crippen LogP contribution in [0.2, 0.25) is 5.02 Å². The molecule has 0 spiro atoms. The summed E-state index contributed by atoms with van der Waals surface area (Å²) in [5.41, 5.74) is 0.130. The van der Waals surface area contributed by atoms with E-state index in [-0.39, 0.29) is 26.1 Å². The molecule has 2 heterocycles.